The molecule has 0 saturated heterocycles. The molecule has 0 rings (SSSR count). The Labute approximate surface area is 104 Å². The van der Waals surface area contributed by atoms with E-state index < -0.39 is 22.8 Å². The number of amides is 1. The molecule has 0 heterocycles. The van der Waals surface area contributed by atoms with Crippen molar-refractivity contribution in [2.45, 2.75) is 19.4 Å². The van der Waals surface area contributed by atoms with Gasteiger partial charge in [0.2, 0.25) is 5.91 Å². The predicted octanol–water partition coefficient (Wildman–Crippen LogP) is -0.978. The van der Waals surface area contributed by atoms with Crippen LogP contribution in [0.1, 0.15) is 13.3 Å². The molecule has 0 aliphatic heterocycles. The van der Waals surface area contributed by atoms with Crippen LogP contribution in [-0.2, 0) is 25.1 Å². The molecule has 1 amide bonds. The molecule has 0 saturated carbocycles. The quantitative estimate of drug-likeness (QED) is 0.435. The minimum absolute atomic E-state index is 0.281. The lowest BCUT2D eigenvalue weighted by molar-refractivity contribution is -0.144. The van der Waals surface area contributed by atoms with Crippen LogP contribution in [0.4, 0.5) is 0 Å². The first-order valence-corrected chi connectivity index (χ1v) is 7.05. The molecule has 0 fully saturated rings. The van der Waals surface area contributed by atoms with Gasteiger partial charge in [-0.25, -0.2) is 4.79 Å². The van der Waals surface area contributed by atoms with Crippen molar-refractivity contribution >= 4 is 22.7 Å². The fraction of sp³-hybridized carbons (Fsp3) is 0.800. The summed E-state index contributed by atoms with van der Waals surface area (Å²) in [6.45, 7) is 2.30. The Kier molecular flexibility index (Phi) is 8.61. The molecule has 0 aliphatic carbocycles. The highest BCUT2D eigenvalue weighted by Crippen LogP contribution is 1.88. The highest BCUT2D eigenvalue weighted by molar-refractivity contribution is 7.84. The monoisotopic (exact) mass is 264 g/mol. The minimum atomic E-state index is -0.801. The van der Waals surface area contributed by atoms with Gasteiger partial charge in [-0.2, -0.15) is 0 Å². The van der Waals surface area contributed by atoms with Crippen LogP contribution in [0.25, 0.3) is 0 Å². The van der Waals surface area contributed by atoms with Crippen LogP contribution in [0.3, 0.4) is 0 Å². The third kappa shape index (κ3) is 8.82. The number of carbonyl (C=O) groups is 2. The fourth-order valence-electron chi connectivity index (χ4n) is 1.23. The van der Waals surface area contributed by atoms with Crippen LogP contribution in [0.15, 0.2) is 0 Å². The molecule has 0 aromatic heterocycles. The van der Waals surface area contributed by atoms with Gasteiger partial charge in [0.05, 0.1) is 7.11 Å². The number of ether oxygens (including phenoxy) is 1. The molecule has 7 heteroatoms. The van der Waals surface area contributed by atoms with Gasteiger partial charge in [-0.1, -0.05) is 0 Å². The number of rotatable bonds is 8. The Balaban J connectivity index is 3.87. The van der Waals surface area contributed by atoms with Gasteiger partial charge >= 0.3 is 5.97 Å². The lowest BCUT2D eigenvalue weighted by atomic mass is 10.3. The summed E-state index contributed by atoms with van der Waals surface area (Å²) in [6.07, 6.45) is 2.41. The second kappa shape index (κ2) is 9.12. The van der Waals surface area contributed by atoms with Crippen LogP contribution in [0, 0.1) is 0 Å². The Hall–Kier alpha value is -0.950. The molecule has 0 aliphatic rings. The Morgan fingerprint density at radius 1 is 1.41 bits per heavy atom. The van der Waals surface area contributed by atoms with Crippen LogP contribution >= 0.6 is 0 Å². The van der Waals surface area contributed by atoms with Gasteiger partial charge in [-0.05, 0) is 13.0 Å². The predicted molar refractivity (Wildman–Crippen MR) is 66.0 cm³/mol. The van der Waals surface area contributed by atoms with Crippen molar-refractivity contribution < 1.29 is 18.5 Å². The normalized spacial score (nSPS) is 13.8. The van der Waals surface area contributed by atoms with E-state index in [2.05, 4.69) is 15.4 Å². The average Bonchev–Trinajstić information content (AvgIpc) is 2.25. The van der Waals surface area contributed by atoms with E-state index in [1.54, 1.807) is 6.26 Å². The van der Waals surface area contributed by atoms with E-state index >= 15 is 0 Å². The summed E-state index contributed by atoms with van der Waals surface area (Å²) < 4.78 is 15.4. The molecule has 0 radical (unpaired) electrons. The van der Waals surface area contributed by atoms with Gasteiger partial charge in [-0.3, -0.25) is 9.00 Å². The molecular weight excluding hydrogens is 244 g/mol. The van der Waals surface area contributed by atoms with Crippen molar-refractivity contribution in [2.75, 3.05) is 32.2 Å². The molecule has 0 aromatic carbocycles. The first-order chi connectivity index (χ1) is 7.97. The van der Waals surface area contributed by atoms with E-state index in [4.69, 9.17) is 0 Å². The Bertz CT molecular complexity index is 283. The molecule has 0 spiro atoms. The zero-order valence-corrected chi connectivity index (χ0v) is 11.3. The van der Waals surface area contributed by atoms with E-state index in [1.165, 1.54) is 14.0 Å². The van der Waals surface area contributed by atoms with E-state index in [0.717, 1.165) is 6.42 Å². The van der Waals surface area contributed by atoms with Crippen LogP contribution < -0.4 is 10.6 Å². The molecular formula is C10H20N2O4S. The average molecular weight is 264 g/mol. The van der Waals surface area contributed by atoms with Crippen LogP contribution in [0.2, 0.25) is 0 Å². The van der Waals surface area contributed by atoms with E-state index in [0.29, 0.717) is 18.8 Å². The fourth-order valence-corrected chi connectivity index (χ4v) is 1.78. The summed E-state index contributed by atoms with van der Waals surface area (Å²) in [5, 5.41) is 5.51. The van der Waals surface area contributed by atoms with Gasteiger partial charge in [0.25, 0.3) is 0 Å². The third-order valence-corrected chi connectivity index (χ3v) is 2.86. The summed E-state index contributed by atoms with van der Waals surface area (Å²) in [6, 6.07) is -0.676. The topological polar surface area (TPSA) is 84.5 Å². The van der Waals surface area contributed by atoms with Crippen LogP contribution in [0.5, 0.6) is 0 Å². The molecule has 2 unspecified atom stereocenters. The zero-order valence-electron chi connectivity index (χ0n) is 10.4. The van der Waals surface area contributed by atoms with Gasteiger partial charge < -0.3 is 15.4 Å². The number of methoxy groups -OCH3 is 1. The lowest BCUT2D eigenvalue weighted by Gasteiger charge is -2.15. The van der Waals surface area contributed by atoms with Crippen molar-refractivity contribution in [3.8, 4) is 0 Å². The smallest absolute Gasteiger partial charge is 0.329 e. The van der Waals surface area contributed by atoms with Gasteiger partial charge in [0.1, 0.15) is 6.04 Å². The first-order valence-electron chi connectivity index (χ1n) is 5.33. The van der Waals surface area contributed by atoms with Crippen molar-refractivity contribution in [3.05, 3.63) is 0 Å². The molecule has 100 valence electrons. The highest BCUT2D eigenvalue weighted by Gasteiger charge is 2.19. The lowest BCUT2D eigenvalue weighted by Crippen LogP contribution is -2.47. The van der Waals surface area contributed by atoms with E-state index in [9.17, 15) is 13.8 Å². The second-order valence-electron chi connectivity index (χ2n) is 3.61. The molecule has 2 N–H and O–H groups in total. The largest absolute Gasteiger partial charge is 0.467 e. The van der Waals surface area contributed by atoms with Crippen LogP contribution in [-0.4, -0.2) is 54.3 Å². The summed E-state index contributed by atoms with van der Waals surface area (Å²) in [4.78, 5) is 22.2. The molecule has 2 atom stereocenters. The standard InChI is InChI=1S/C10H20N2O4S/c1-8(13)12-9(10(14)16-2)7-11-5-4-6-17(3)15/h9,11H,4-7H2,1-3H3,(H,12,13). The second-order valence-corrected chi connectivity index (χ2v) is 5.17. The minimum Gasteiger partial charge on any atom is -0.467 e. The maximum Gasteiger partial charge on any atom is 0.329 e. The molecule has 17 heavy (non-hydrogen) atoms. The number of nitrogens with one attached hydrogen (secondary N) is 2. The van der Waals surface area contributed by atoms with E-state index in [-0.39, 0.29) is 5.91 Å². The SMILES string of the molecule is COC(=O)C(CNCCCS(C)=O)NC(C)=O. The van der Waals surface area contributed by atoms with Gasteiger partial charge in [-0.15, -0.1) is 0 Å². The maximum atomic E-state index is 11.3. The number of hydrogen-bond acceptors (Lipinski definition) is 5. The number of carbonyl (C=O) groups excluding carboxylic acids is 2. The maximum absolute atomic E-state index is 11.3. The first kappa shape index (κ1) is 16.1. The Morgan fingerprint density at radius 3 is 2.53 bits per heavy atom. The van der Waals surface area contributed by atoms with Gasteiger partial charge in [0.15, 0.2) is 0 Å². The van der Waals surface area contributed by atoms with Crippen molar-refractivity contribution in [3.63, 3.8) is 0 Å². The Morgan fingerprint density at radius 2 is 2.06 bits per heavy atom. The van der Waals surface area contributed by atoms with Crippen molar-refractivity contribution in [2.24, 2.45) is 0 Å². The zero-order chi connectivity index (χ0) is 13.3. The molecule has 0 bridgehead atoms. The van der Waals surface area contributed by atoms with E-state index in [1.807, 2.05) is 0 Å². The molecule has 6 nitrogen and oxygen atoms in total. The van der Waals surface area contributed by atoms with Crippen molar-refractivity contribution in [1.29, 1.82) is 0 Å². The van der Waals surface area contributed by atoms with Crippen molar-refractivity contribution in [1.82, 2.24) is 10.6 Å². The number of hydrogen-bond donors (Lipinski definition) is 2. The summed E-state index contributed by atoms with van der Waals surface area (Å²) in [7, 11) is 0.475. The van der Waals surface area contributed by atoms with Gasteiger partial charge in [0, 0.05) is 36.3 Å². The summed E-state index contributed by atoms with van der Waals surface area (Å²) >= 11 is 0. The summed E-state index contributed by atoms with van der Waals surface area (Å²) in [5.74, 6) is -0.139. The molecule has 0 aromatic rings. The highest BCUT2D eigenvalue weighted by atomic mass is 32.2. The third-order valence-electron chi connectivity index (χ3n) is 2.00. The summed E-state index contributed by atoms with van der Waals surface area (Å²) in [5.41, 5.74) is 0. The number of esters is 1.